The number of likely N-dealkylation sites (tertiary alicyclic amines) is 1. The number of aromatic nitrogens is 1. The Hall–Kier alpha value is -3.05. The smallest absolute Gasteiger partial charge is 0.258 e. The van der Waals surface area contributed by atoms with Gasteiger partial charge in [0.15, 0.2) is 0 Å². The fourth-order valence-electron chi connectivity index (χ4n) is 4.20. The molecule has 1 aliphatic heterocycles. The molecule has 160 valence electrons. The number of carbonyl (C=O) groups excluding carboxylic acids is 1. The molecule has 2 aromatic carbocycles. The maximum absolute atomic E-state index is 13.5. The maximum atomic E-state index is 13.5. The first-order valence-corrected chi connectivity index (χ1v) is 10.9. The SMILES string of the molecule is CCc1ccc(N(C(=O)c2ccc(F)cc2)C2CCN(Cc3cccnc3)CC2)cc1. The molecule has 4 rings (SSSR count). The highest BCUT2D eigenvalue weighted by atomic mass is 19.1. The van der Waals surface area contributed by atoms with E-state index in [-0.39, 0.29) is 17.8 Å². The number of halogens is 1. The molecule has 1 aliphatic rings. The van der Waals surface area contributed by atoms with Gasteiger partial charge < -0.3 is 4.90 Å². The van der Waals surface area contributed by atoms with Crippen LogP contribution in [0, 0.1) is 5.82 Å². The van der Waals surface area contributed by atoms with E-state index >= 15 is 0 Å². The summed E-state index contributed by atoms with van der Waals surface area (Å²) in [7, 11) is 0. The minimum Gasteiger partial charge on any atom is -0.305 e. The molecule has 1 aromatic heterocycles. The lowest BCUT2D eigenvalue weighted by atomic mass is 10.00. The summed E-state index contributed by atoms with van der Waals surface area (Å²) in [4.78, 5) is 22.0. The summed E-state index contributed by atoms with van der Waals surface area (Å²) in [5, 5.41) is 0. The van der Waals surface area contributed by atoms with Gasteiger partial charge in [0, 0.05) is 49.3 Å². The molecule has 0 aliphatic carbocycles. The third kappa shape index (κ3) is 5.17. The Balaban J connectivity index is 1.53. The van der Waals surface area contributed by atoms with Crippen LogP contribution < -0.4 is 4.90 Å². The van der Waals surface area contributed by atoms with Crippen LogP contribution in [-0.2, 0) is 13.0 Å². The number of rotatable bonds is 6. The number of hydrogen-bond acceptors (Lipinski definition) is 3. The fourth-order valence-corrected chi connectivity index (χ4v) is 4.20. The largest absolute Gasteiger partial charge is 0.305 e. The summed E-state index contributed by atoms with van der Waals surface area (Å²) in [6.07, 6.45) is 6.44. The van der Waals surface area contributed by atoms with E-state index in [0.29, 0.717) is 5.56 Å². The van der Waals surface area contributed by atoms with E-state index in [1.807, 2.05) is 29.3 Å². The van der Waals surface area contributed by atoms with Gasteiger partial charge in [0.1, 0.15) is 5.82 Å². The zero-order valence-corrected chi connectivity index (χ0v) is 17.9. The highest BCUT2D eigenvalue weighted by Gasteiger charge is 2.30. The number of pyridine rings is 1. The van der Waals surface area contributed by atoms with Crippen molar-refractivity contribution >= 4 is 11.6 Å². The number of anilines is 1. The first-order valence-electron chi connectivity index (χ1n) is 10.9. The molecule has 0 N–H and O–H groups in total. The Bertz CT molecular complexity index is 981. The highest BCUT2D eigenvalue weighted by Crippen LogP contribution is 2.27. The summed E-state index contributed by atoms with van der Waals surface area (Å²) >= 11 is 0. The van der Waals surface area contributed by atoms with Crippen molar-refractivity contribution in [1.82, 2.24) is 9.88 Å². The summed E-state index contributed by atoms with van der Waals surface area (Å²) in [6.45, 7) is 4.83. The van der Waals surface area contributed by atoms with Crippen molar-refractivity contribution in [2.75, 3.05) is 18.0 Å². The van der Waals surface area contributed by atoms with Gasteiger partial charge in [0.05, 0.1) is 0 Å². The predicted molar refractivity (Wildman–Crippen MR) is 122 cm³/mol. The lowest BCUT2D eigenvalue weighted by Gasteiger charge is -2.38. The maximum Gasteiger partial charge on any atom is 0.258 e. The van der Waals surface area contributed by atoms with Crippen LogP contribution in [0.2, 0.25) is 0 Å². The third-order valence-corrected chi connectivity index (χ3v) is 5.98. The molecular formula is C26H28FN3O. The zero-order valence-electron chi connectivity index (χ0n) is 17.9. The van der Waals surface area contributed by atoms with Gasteiger partial charge in [-0.3, -0.25) is 14.7 Å². The van der Waals surface area contributed by atoms with Gasteiger partial charge in [-0.05, 0) is 72.9 Å². The van der Waals surface area contributed by atoms with Crippen LogP contribution in [0.15, 0.2) is 73.1 Å². The average Bonchev–Trinajstić information content (AvgIpc) is 2.82. The number of benzene rings is 2. The van der Waals surface area contributed by atoms with Crippen molar-refractivity contribution in [1.29, 1.82) is 0 Å². The normalized spacial score (nSPS) is 15.0. The molecule has 5 heteroatoms. The molecule has 0 spiro atoms. The lowest BCUT2D eigenvalue weighted by molar-refractivity contribution is 0.0958. The first-order chi connectivity index (χ1) is 15.1. The Morgan fingerprint density at radius 2 is 1.74 bits per heavy atom. The molecule has 2 heterocycles. The van der Waals surface area contributed by atoms with Crippen LogP contribution >= 0.6 is 0 Å². The molecule has 3 aromatic rings. The number of piperidine rings is 1. The van der Waals surface area contributed by atoms with E-state index < -0.39 is 0 Å². The molecule has 31 heavy (non-hydrogen) atoms. The van der Waals surface area contributed by atoms with Crippen LogP contribution in [-0.4, -0.2) is 34.9 Å². The van der Waals surface area contributed by atoms with Crippen LogP contribution in [0.5, 0.6) is 0 Å². The highest BCUT2D eigenvalue weighted by molar-refractivity contribution is 6.06. The van der Waals surface area contributed by atoms with Crippen LogP contribution in [0.3, 0.4) is 0 Å². The second-order valence-corrected chi connectivity index (χ2v) is 8.07. The molecule has 0 bridgehead atoms. The van der Waals surface area contributed by atoms with Gasteiger partial charge in [0.25, 0.3) is 5.91 Å². The summed E-state index contributed by atoms with van der Waals surface area (Å²) < 4.78 is 13.4. The molecule has 0 atom stereocenters. The summed E-state index contributed by atoms with van der Waals surface area (Å²) in [6, 6.07) is 18.2. The van der Waals surface area contributed by atoms with E-state index in [1.54, 1.807) is 18.3 Å². The topological polar surface area (TPSA) is 36.4 Å². The van der Waals surface area contributed by atoms with E-state index in [0.717, 1.165) is 44.6 Å². The number of nitrogens with zero attached hydrogens (tertiary/aromatic N) is 3. The Labute approximate surface area is 183 Å². The minimum absolute atomic E-state index is 0.0741. The Kier molecular flexibility index (Phi) is 6.73. The van der Waals surface area contributed by atoms with Crippen LogP contribution in [0.1, 0.15) is 41.3 Å². The molecule has 1 fully saturated rings. The predicted octanol–water partition coefficient (Wildman–Crippen LogP) is 5.09. The van der Waals surface area contributed by atoms with Gasteiger partial charge >= 0.3 is 0 Å². The number of amides is 1. The number of carbonyl (C=O) groups is 1. The molecule has 0 radical (unpaired) electrons. The van der Waals surface area contributed by atoms with Gasteiger partial charge in [0.2, 0.25) is 0 Å². The molecule has 0 unspecified atom stereocenters. The second kappa shape index (κ2) is 9.84. The molecule has 4 nitrogen and oxygen atoms in total. The Morgan fingerprint density at radius 3 is 2.35 bits per heavy atom. The molecule has 1 saturated heterocycles. The van der Waals surface area contributed by atoms with E-state index in [2.05, 4.69) is 35.0 Å². The monoisotopic (exact) mass is 417 g/mol. The molecule has 0 saturated carbocycles. The lowest BCUT2D eigenvalue weighted by Crippen LogP contribution is -2.47. The van der Waals surface area contributed by atoms with Crippen molar-refractivity contribution in [2.45, 2.75) is 38.8 Å². The molecular weight excluding hydrogens is 389 g/mol. The summed E-state index contributed by atoms with van der Waals surface area (Å²) in [5.41, 5.74) is 3.86. The van der Waals surface area contributed by atoms with E-state index in [1.165, 1.54) is 23.3 Å². The van der Waals surface area contributed by atoms with Gasteiger partial charge in [-0.2, -0.15) is 0 Å². The van der Waals surface area contributed by atoms with Gasteiger partial charge in [-0.1, -0.05) is 25.1 Å². The second-order valence-electron chi connectivity index (χ2n) is 8.07. The van der Waals surface area contributed by atoms with Crippen molar-refractivity contribution in [3.63, 3.8) is 0 Å². The zero-order chi connectivity index (χ0) is 21.6. The van der Waals surface area contributed by atoms with E-state index in [9.17, 15) is 9.18 Å². The minimum atomic E-state index is -0.334. The van der Waals surface area contributed by atoms with Crippen molar-refractivity contribution in [3.05, 3.63) is 95.6 Å². The molecule has 1 amide bonds. The summed E-state index contributed by atoms with van der Waals surface area (Å²) in [5.74, 6) is -0.408. The average molecular weight is 418 g/mol. The van der Waals surface area contributed by atoms with Crippen molar-refractivity contribution < 1.29 is 9.18 Å². The fraction of sp³-hybridized carbons (Fsp3) is 0.308. The van der Waals surface area contributed by atoms with Crippen molar-refractivity contribution in [2.24, 2.45) is 0 Å². The van der Waals surface area contributed by atoms with E-state index in [4.69, 9.17) is 0 Å². The number of hydrogen-bond donors (Lipinski definition) is 0. The third-order valence-electron chi connectivity index (χ3n) is 5.98. The number of aryl methyl sites for hydroxylation is 1. The van der Waals surface area contributed by atoms with Crippen LogP contribution in [0.4, 0.5) is 10.1 Å². The first kappa shape index (κ1) is 21.2. The standard InChI is InChI=1S/C26H28FN3O/c1-2-20-5-11-24(12-6-20)30(26(31)22-7-9-23(27)10-8-22)25-13-16-29(17-14-25)19-21-4-3-15-28-18-21/h3-12,15,18,25H,2,13-14,16-17,19H2,1H3. The Morgan fingerprint density at radius 1 is 1.03 bits per heavy atom. The van der Waals surface area contributed by atoms with Gasteiger partial charge in [-0.25, -0.2) is 4.39 Å². The quantitative estimate of drug-likeness (QED) is 0.560. The van der Waals surface area contributed by atoms with Gasteiger partial charge in [-0.15, -0.1) is 0 Å². The van der Waals surface area contributed by atoms with Crippen molar-refractivity contribution in [3.8, 4) is 0 Å². The van der Waals surface area contributed by atoms with Crippen LogP contribution in [0.25, 0.3) is 0 Å².